The largest absolute Gasteiger partial charge is 0.453 e. The van der Waals surface area contributed by atoms with Crippen LogP contribution < -0.4 is 20.9 Å². The highest BCUT2D eigenvalue weighted by Crippen LogP contribution is 2.30. The van der Waals surface area contributed by atoms with E-state index in [-0.39, 0.29) is 23.4 Å². The Balaban J connectivity index is 1.42. The predicted octanol–water partition coefficient (Wildman–Crippen LogP) is 5.12. The first kappa shape index (κ1) is 25.2. The third-order valence-corrected chi connectivity index (χ3v) is 6.26. The lowest BCUT2D eigenvalue weighted by Gasteiger charge is -2.16. The molecule has 9 heteroatoms. The van der Waals surface area contributed by atoms with E-state index in [0.29, 0.717) is 29.2 Å². The Hall–Kier alpha value is -4.50. The number of ether oxygens (including phenoxy) is 2. The van der Waals surface area contributed by atoms with Crippen molar-refractivity contribution in [2.45, 2.75) is 25.9 Å². The number of nitrogens with one attached hydrogen (secondary N) is 2. The zero-order chi connectivity index (χ0) is 26.5. The molecule has 194 valence electrons. The van der Waals surface area contributed by atoms with E-state index in [0.717, 1.165) is 25.0 Å². The van der Waals surface area contributed by atoms with E-state index < -0.39 is 11.4 Å². The van der Waals surface area contributed by atoms with E-state index in [1.807, 2.05) is 25.1 Å². The molecule has 38 heavy (non-hydrogen) atoms. The molecule has 0 bridgehead atoms. The van der Waals surface area contributed by atoms with Crippen molar-refractivity contribution in [2.75, 3.05) is 18.5 Å². The van der Waals surface area contributed by atoms with Crippen LogP contribution in [-0.4, -0.2) is 34.9 Å². The van der Waals surface area contributed by atoms with Crippen LogP contribution in [0, 0.1) is 12.7 Å². The Morgan fingerprint density at radius 2 is 1.84 bits per heavy atom. The van der Waals surface area contributed by atoms with Gasteiger partial charge < -0.3 is 20.1 Å². The Labute approximate surface area is 219 Å². The summed E-state index contributed by atoms with van der Waals surface area (Å²) < 4.78 is 26.2. The van der Waals surface area contributed by atoms with Crippen LogP contribution >= 0.6 is 0 Å². The third-order valence-electron chi connectivity index (χ3n) is 6.26. The summed E-state index contributed by atoms with van der Waals surface area (Å²) in [5.74, 6) is 0.188. The summed E-state index contributed by atoms with van der Waals surface area (Å²) in [5, 5.41) is 10.3. The topological polar surface area (TPSA) is 94.5 Å². The van der Waals surface area contributed by atoms with Gasteiger partial charge in [0.15, 0.2) is 11.4 Å². The van der Waals surface area contributed by atoms with Crippen molar-refractivity contribution in [3.8, 4) is 17.2 Å². The SMILES string of the molecule is Cc1ccccc1Oc1cnn(-c2ccc(F)cc2)c(=O)c1Nc1ccc(C(=O)NC[C@H]2CCCO2)cc1. The summed E-state index contributed by atoms with van der Waals surface area (Å²) in [6.07, 6.45) is 3.44. The molecule has 1 amide bonds. The van der Waals surface area contributed by atoms with Gasteiger partial charge in [-0.3, -0.25) is 9.59 Å². The summed E-state index contributed by atoms with van der Waals surface area (Å²) in [6, 6.07) is 19.7. The number of rotatable bonds is 8. The van der Waals surface area contributed by atoms with Crippen molar-refractivity contribution in [3.05, 3.63) is 106 Å². The van der Waals surface area contributed by atoms with Crippen molar-refractivity contribution in [1.29, 1.82) is 0 Å². The standard InChI is InChI=1S/C29H27FN4O4/c1-19-5-2-3-7-25(19)38-26-18-32-34(23-14-10-21(30)11-15-23)29(36)27(26)33-22-12-8-20(9-13-22)28(35)31-17-24-6-4-16-37-24/h2-3,5,7-15,18,24,33H,4,6,16-17H2,1H3,(H,31,35)/t24-/m1/s1. The minimum Gasteiger partial charge on any atom is -0.453 e. The summed E-state index contributed by atoms with van der Waals surface area (Å²) in [7, 11) is 0. The number of nitrogens with zero attached hydrogens (tertiary/aromatic N) is 2. The lowest BCUT2D eigenvalue weighted by molar-refractivity contribution is 0.0858. The number of aromatic nitrogens is 2. The Bertz CT molecular complexity index is 1480. The average molecular weight is 515 g/mol. The van der Waals surface area contributed by atoms with Gasteiger partial charge in [0.25, 0.3) is 11.5 Å². The van der Waals surface area contributed by atoms with Crippen LogP contribution in [0.1, 0.15) is 28.8 Å². The predicted molar refractivity (Wildman–Crippen MR) is 142 cm³/mol. The van der Waals surface area contributed by atoms with Crippen LogP contribution in [0.2, 0.25) is 0 Å². The molecule has 2 heterocycles. The molecule has 3 aromatic carbocycles. The fraction of sp³-hybridized carbons (Fsp3) is 0.207. The first-order valence-electron chi connectivity index (χ1n) is 12.4. The molecule has 1 fully saturated rings. The van der Waals surface area contributed by atoms with E-state index in [1.54, 1.807) is 30.3 Å². The van der Waals surface area contributed by atoms with E-state index in [1.165, 1.54) is 35.1 Å². The summed E-state index contributed by atoms with van der Waals surface area (Å²) in [6.45, 7) is 3.10. The van der Waals surface area contributed by atoms with E-state index >= 15 is 0 Å². The number of benzene rings is 3. The molecule has 2 N–H and O–H groups in total. The second-order valence-corrected chi connectivity index (χ2v) is 8.99. The smallest absolute Gasteiger partial charge is 0.299 e. The fourth-order valence-electron chi connectivity index (χ4n) is 4.15. The molecule has 5 rings (SSSR count). The molecule has 4 aromatic rings. The molecule has 0 radical (unpaired) electrons. The first-order chi connectivity index (χ1) is 18.5. The highest BCUT2D eigenvalue weighted by molar-refractivity contribution is 5.94. The number of hydrogen-bond acceptors (Lipinski definition) is 6. The number of halogens is 1. The molecule has 1 saturated heterocycles. The summed E-state index contributed by atoms with van der Waals surface area (Å²) in [5.41, 5.74) is 2.01. The number of hydrogen-bond donors (Lipinski definition) is 2. The maximum absolute atomic E-state index is 13.5. The van der Waals surface area contributed by atoms with Crippen LogP contribution in [0.15, 0.2) is 83.8 Å². The average Bonchev–Trinajstić information content (AvgIpc) is 3.45. The number of para-hydroxylation sites is 1. The number of carbonyl (C=O) groups is 1. The molecule has 1 aliphatic rings. The number of amides is 1. The summed E-state index contributed by atoms with van der Waals surface area (Å²) in [4.78, 5) is 26.1. The molecule has 0 spiro atoms. The molecule has 1 aliphatic heterocycles. The van der Waals surface area contributed by atoms with Gasteiger partial charge in [-0.2, -0.15) is 9.78 Å². The normalized spacial score (nSPS) is 14.7. The van der Waals surface area contributed by atoms with E-state index in [2.05, 4.69) is 15.7 Å². The Kier molecular flexibility index (Phi) is 7.46. The maximum atomic E-state index is 13.5. The maximum Gasteiger partial charge on any atom is 0.299 e. The first-order valence-corrected chi connectivity index (χ1v) is 12.4. The quantitative estimate of drug-likeness (QED) is 0.339. The van der Waals surface area contributed by atoms with Gasteiger partial charge in [-0.25, -0.2) is 4.39 Å². The lowest BCUT2D eigenvalue weighted by Crippen LogP contribution is -2.31. The molecular weight excluding hydrogens is 487 g/mol. The van der Waals surface area contributed by atoms with Crippen molar-refractivity contribution in [2.24, 2.45) is 0 Å². The van der Waals surface area contributed by atoms with Crippen LogP contribution in [-0.2, 0) is 4.74 Å². The van der Waals surface area contributed by atoms with Crippen molar-refractivity contribution in [3.63, 3.8) is 0 Å². The van der Waals surface area contributed by atoms with Crippen molar-refractivity contribution >= 4 is 17.3 Å². The molecule has 8 nitrogen and oxygen atoms in total. The highest BCUT2D eigenvalue weighted by Gasteiger charge is 2.18. The molecular formula is C29H27FN4O4. The van der Waals surface area contributed by atoms with Gasteiger partial charge in [0.2, 0.25) is 0 Å². The molecule has 0 aliphatic carbocycles. The van der Waals surface area contributed by atoms with Gasteiger partial charge in [0, 0.05) is 24.4 Å². The van der Waals surface area contributed by atoms with Crippen LogP contribution in [0.25, 0.3) is 5.69 Å². The van der Waals surface area contributed by atoms with Crippen molar-refractivity contribution < 1.29 is 18.7 Å². The highest BCUT2D eigenvalue weighted by atomic mass is 19.1. The number of anilines is 2. The summed E-state index contributed by atoms with van der Waals surface area (Å²) >= 11 is 0. The van der Waals surface area contributed by atoms with Gasteiger partial charge in [-0.1, -0.05) is 18.2 Å². The van der Waals surface area contributed by atoms with Gasteiger partial charge in [-0.15, -0.1) is 0 Å². The minimum absolute atomic E-state index is 0.0570. The minimum atomic E-state index is -0.485. The van der Waals surface area contributed by atoms with Gasteiger partial charge in [0.05, 0.1) is 18.0 Å². The lowest BCUT2D eigenvalue weighted by atomic mass is 10.1. The fourth-order valence-corrected chi connectivity index (χ4v) is 4.15. The van der Waals surface area contributed by atoms with E-state index in [4.69, 9.17) is 9.47 Å². The molecule has 0 saturated carbocycles. The van der Waals surface area contributed by atoms with Crippen LogP contribution in [0.4, 0.5) is 15.8 Å². The molecule has 1 atom stereocenters. The molecule has 1 aromatic heterocycles. The Morgan fingerprint density at radius 3 is 2.55 bits per heavy atom. The van der Waals surface area contributed by atoms with Gasteiger partial charge in [-0.05, 0) is 79.9 Å². The second kappa shape index (κ2) is 11.3. The third kappa shape index (κ3) is 5.73. The van der Waals surface area contributed by atoms with Gasteiger partial charge in [0.1, 0.15) is 11.6 Å². The Morgan fingerprint density at radius 1 is 1.08 bits per heavy atom. The van der Waals surface area contributed by atoms with Crippen LogP contribution in [0.3, 0.4) is 0 Å². The monoisotopic (exact) mass is 514 g/mol. The van der Waals surface area contributed by atoms with Crippen molar-refractivity contribution in [1.82, 2.24) is 15.1 Å². The zero-order valence-electron chi connectivity index (χ0n) is 20.8. The number of aryl methyl sites for hydroxylation is 1. The van der Waals surface area contributed by atoms with Gasteiger partial charge >= 0.3 is 0 Å². The zero-order valence-corrected chi connectivity index (χ0v) is 20.8. The second-order valence-electron chi connectivity index (χ2n) is 8.99. The molecule has 0 unspecified atom stereocenters. The number of carbonyl (C=O) groups excluding carboxylic acids is 1. The van der Waals surface area contributed by atoms with Crippen LogP contribution in [0.5, 0.6) is 11.5 Å². The van der Waals surface area contributed by atoms with E-state index in [9.17, 15) is 14.0 Å².